The number of benzene rings is 1. The van der Waals surface area contributed by atoms with Crippen molar-refractivity contribution in [3.05, 3.63) is 53.2 Å². The van der Waals surface area contributed by atoms with Gasteiger partial charge in [0.25, 0.3) is 0 Å². The maximum absolute atomic E-state index is 4.57. The van der Waals surface area contributed by atoms with Gasteiger partial charge in [0.05, 0.1) is 17.8 Å². The summed E-state index contributed by atoms with van der Waals surface area (Å²) in [6, 6.07) is 10.2. The van der Waals surface area contributed by atoms with Gasteiger partial charge in [0, 0.05) is 44.7 Å². The van der Waals surface area contributed by atoms with Crippen LogP contribution in [0, 0.1) is 0 Å². The van der Waals surface area contributed by atoms with Gasteiger partial charge in [-0.15, -0.1) is 35.3 Å². The Morgan fingerprint density at radius 3 is 2.65 bits per heavy atom. The maximum Gasteiger partial charge on any atom is 0.191 e. The lowest BCUT2D eigenvalue weighted by atomic mass is 10.1. The minimum Gasteiger partial charge on any atom is -0.354 e. The molecule has 6 nitrogen and oxygen atoms in total. The fourth-order valence-corrected chi connectivity index (χ4v) is 3.22. The fourth-order valence-electron chi connectivity index (χ4n) is 2.47. The quantitative estimate of drug-likeness (QED) is 0.332. The fraction of sp³-hybridized carbons (Fsp3) is 0.278. The number of aromatic nitrogens is 2. The standard InChI is InChI=1S/C18H22N6S.HI/c1-19-17(22-11-14-12-25-18(23-14)24(2)3)21-10-13-8-9-20-16-7-5-4-6-15(13)16;/h4-9,12H,10-11H2,1-3H3,(H2,19,21,22);1H. The summed E-state index contributed by atoms with van der Waals surface area (Å²) in [4.78, 5) is 15.3. The van der Waals surface area contributed by atoms with Crippen LogP contribution in [0.15, 0.2) is 46.9 Å². The molecule has 8 heteroatoms. The van der Waals surface area contributed by atoms with Crippen molar-refractivity contribution in [2.24, 2.45) is 4.99 Å². The first-order valence-electron chi connectivity index (χ1n) is 8.06. The molecular formula is C18H23IN6S. The minimum absolute atomic E-state index is 0. The second-order valence-electron chi connectivity index (χ2n) is 5.78. The highest BCUT2D eigenvalue weighted by molar-refractivity contribution is 14.0. The summed E-state index contributed by atoms with van der Waals surface area (Å²) in [5.74, 6) is 0.750. The third-order valence-electron chi connectivity index (χ3n) is 3.77. The zero-order valence-corrected chi connectivity index (χ0v) is 18.2. The summed E-state index contributed by atoms with van der Waals surface area (Å²) in [5.41, 5.74) is 3.20. The molecule has 0 aliphatic carbocycles. The second-order valence-corrected chi connectivity index (χ2v) is 6.62. The van der Waals surface area contributed by atoms with Gasteiger partial charge in [-0.1, -0.05) is 18.2 Å². The van der Waals surface area contributed by atoms with Gasteiger partial charge in [0.1, 0.15) is 0 Å². The molecule has 0 aliphatic rings. The van der Waals surface area contributed by atoms with Gasteiger partial charge in [-0.2, -0.15) is 0 Å². The number of nitrogens with zero attached hydrogens (tertiary/aromatic N) is 4. The molecule has 0 saturated heterocycles. The number of halogens is 1. The Morgan fingerprint density at radius 2 is 1.92 bits per heavy atom. The van der Waals surface area contributed by atoms with Gasteiger partial charge in [0.2, 0.25) is 0 Å². The van der Waals surface area contributed by atoms with Crippen molar-refractivity contribution in [2.75, 3.05) is 26.0 Å². The van der Waals surface area contributed by atoms with Crippen molar-refractivity contribution in [3.63, 3.8) is 0 Å². The molecule has 26 heavy (non-hydrogen) atoms. The maximum atomic E-state index is 4.57. The van der Waals surface area contributed by atoms with Crippen LogP contribution in [-0.4, -0.2) is 37.1 Å². The van der Waals surface area contributed by atoms with Gasteiger partial charge >= 0.3 is 0 Å². The second kappa shape index (κ2) is 9.67. The summed E-state index contributed by atoms with van der Waals surface area (Å²) in [6.07, 6.45) is 1.84. The van der Waals surface area contributed by atoms with E-state index in [1.807, 2.05) is 49.5 Å². The van der Waals surface area contributed by atoms with E-state index in [1.54, 1.807) is 18.4 Å². The summed E-state index contributed by atoms with van der Waals surface area (Å²) < 4.78 is 0. The van der Waals surface area contributed by atoms with Crippen LogP contribution in [0.1, 0.15) is 11.3 Å². The third kappa shape index (κ3) is 5.04. The Morgan fingerprint density at radius 1 is 1.15 bits per heavy atom. The van der Waals surface area contributed by atoms with Crippen LogP contribution in [-0.2, 0) is 13.1 Å². The molecule has 3 rings (SSSR count). The molecule has 0 radical (unpaired) electrons. The van der Waals surface area contributed by atoms with Crippen LogP contribution in [0.4, 0.5) is 5.13 Å². The molecule has 2 heterocycles. The molecule has 0 fully saturated rings. The molecule has 0 spiro atoms. The van der Waals surface area contributed by atoms with E-state index < -0.39 is 0 Å². The van der Waals surface area contributed by atoms with E-state index in [4.69, 9.17) is 0 Å². The Balaban J connectivity index is 0.00000243. The van der Waals surface area contributed by atoms with Gasteiger partial charge in [0.15, 0.2) is 11.1 Å². The monoisotopic (exact) mass is 482 g/mol. The number of hydrogen-bond acceptors (Lipinski definition) is 5. The molecule has 0 unspecified atom stereocenters. The summed E-state index contributed by atoms with van der Waals surface area (Å²) in [7, 11) is 5.76. The molecular weight excluding hydrogens is 459 g/mol. The first-order chi connectivity index (χ1) is 12.2. The topological polar surface area (TPSA) is 65.4 Å². The lowest BCUT2D eigenvalue weighted by molar-refractivity contribution is 0.799. The molecule has 0 amide bonds. The highest BCUT2D eigenvalue weighted by atomic mass is 127. The SMILES string of the molecule is CN=C(NCc1csc(N(C)C)n1)NCc1ccnc2ccccc12.I. The molecule has 0 aliphatic heterocycles. The number of aliphatic imine (C=N–C) groups is 1. The number of anilines is 1. The molecule has 2 aromatic heterocycles. The molecule has 0 saturated carbocycles. The number of para-hydroxylation sites is 1. The lowest BCUT2D eigenvalue weighted by Crippen LogP contribution is -2.36. The summed E-state index contributed by atoms with van der Waals surface area (Å²) >= 11 is 1.64. The highest BCUT2D eigenvalue weighted by Gasteiger charge is 2.06. The van der Waals surface area contributed by atoms with Crippen LogP contribution < -0.4 is 15.5 Å². The predicted octanol–water partition coefficient (Wildman–Crippen LogP) is 3.24. The number of fused-ring (bicyclic) bond motifs is 1. The van der Waals surface area contributed by atoms with Crippen molar-refractivity contribution < 1.29 is 0 Å². The highest BCUT2D eigenvalue weighted by Crippen LogP contribution is 2.18. The van der Waals surface area contributed by atoms with E-state index in [0.717, 1.165) is 27.7 Å². The lowest BCUT2D eigenvalue weighted by Gasteiger charge is -2.12. The van der Waals surface area contributed by atoms with Crippen molar-refractivity contribution in [3.8, 4) is 0 Å². The van der Waals surface area contributed by atoms with Gasteiger partial charge in [-0.25, -0.2) is 4.98 Å². The van der Waals surface area contributed by atoms with Crippen molar-refractivity contribution in [2.45, 2.75) is 13.1 Å². The van der Waals surface area contributed by atoms with Crippen LogP contribution in [0.3, 0.4) is 0 Å². The number of rotatable bonds is 5. The van der Waals surface area contributed by atoms with Crippen LogP contribution >= 0.6 is 35.3 Å². The molecule has 2 N–H and O–H groups in total. The largest absolute Gasteiger partial charge is 0.354 e. The number of pyridine rings is 1. The predicted molar refractivity (Wildman–Crippen MR) is 121 cm³/mol. The molecule has 0 atom stereocenters. The Labute approximate surface area is 174 Å². The number of nitrogens with one attached hydrogen (secondary N) is 2. The number of guanidine groups is 1. The zero-order chi connectivity index (χ0) is 17.6. The van der Waals surface area contributed by atoms with E-state index in [9.17, 15) is 0 Å². The molecule has 138 valence electrons. The van der Waals surface area contributed by atoms with Gasteiger partial charge in [-0.3, -0.25) is 9.98 Å². The van der Waals surface area contributed by atoms with Crippen LogP contribution in [0.5, 0.6) is 0 Å². The average molecular weight is 482 g/mol. The zero-order valence-electron chi connectivity index (χ0n) is 15.1. The van der Waals surface area contributed by atoms with E-state index in [-0.39, 0.29) is 24.0 Å². The Kier molecular flexibility index (Phi) is 7.58. The Hall–Kier alpha value is -1.94. The van der Waals surface area contributed by atoms with E-state index in [1.165, 1.54) is 5.56 Å². The Bertz CT molecular complexity index is 872. The van der Waals surface area contributed by atoms with Crippen molar-refractivity contribution >= 4 is 57.3 Å². The van der Waals surface area contributed by atoms with Crippen molar-refractivity contribution in [1.29, 1.82) is 0 Å². The normalized spacial score (nSPS) is 11.1. The number of thiazole rings is 1. The van der Waals surface area contributed by atoms with Crippen molar-refractivity contribution in [1.82, 2.24) is 20.6 Å². The van der Waals surface area contributed by atoms with Crippen LogP contribution in [0.2, 0.25) is 0 Å². The summed E-state index contributed by atoms with van der Waals surface area (Å²) in [5, 5.41) is 10.9. The minimum atomic E-state index is 0. The first-order valence-corrected chi connectivity index (χ1v) is 8.94. The smallest absolute Gasteiger partial charge is 0.191 e. The molecule has 1 aromatic carbocycles. The number of hydrogen-bond donors (Lipinski definition) is 2. The van der Waals surface area contributed by atoms with E-state index in [2.05, 4.69) is 37.0 Å². The molecule has 3 aromatic rings. The van der Waals surface area contributed by atoms with E-state index in [0.29, 0.717) is 13.1 Å². The average Bonchev–Trinajstić information content (AvgIpc) is 3.11. The summed E-state index contributed by atoms with van der Waals surface area (Å²) in [6.45, 7) is 1.32. The molecule has 0 bridgehead atoms. The third-order valence-corrected chi connectivity index (χ3v) is 4.83. The van der Waals surface area contributed by atoms with Gasteiger partial charge < -0.3 is 15.5 Å². The van der Waals surface area contributed by atoms with Crippen LogP contribution in [0.25, 0.3) is 10.9 Å². The van der Waals surface area contributed by atoms with E-state index >= 15 is 0 Å². The van der Waals surface area contributed by atoms with Gasteiger partial charge in [-0.05, 0) is 17.7 Å². The first kappa shape index (κ1) is 20.4.